The predicted octanol–water partition coefficient (Wildman–Crippen LogP) is 2.66. The van der Waals surface area contributed by atoms with Crippen LogP contribution in [-0.2, 0) is 14.3 Å². The topological polar surface area (TPSA) is 89.2 Å². The Morgan fingerprint density at radius 3 is 2.63 bits per heavy atom. The molecule has 1 amide bonds. The van der Waals surface area contributed by atoms with E-state index in [0.29, 0.717) is 22.6 Å². The summed E-state index contributed by atoms with van der Waals surface area (Å²) >= 11 is 0. The van der Waals surface area contributed by atoms with Crippen LogP contribution in [0.1, 0.15) is 22.9 Å². The van der Waals surface area contributed by atoms with E-state index in [-0.39, 0.29) is 24.5 Å². The number of carbonyl (C=O) groups is 2. The van der Waals surface area contributed by atoms with E-state index in [1.165, 1.54) is 18.3 Å². The number of ketones is 1. The van der Waals surface area contributed by atoms with Gasteiger partial charge < -0.3 is 23.9 Å². The van der Waals surface area contributed by atoms with Crippen LogP contribution in [0.25, 0.3) is 5.76 Å². The number of Topliss-reactive ketones (excluding diaryl/α,β-unsaturated/α-hetero) is 1. The predicted molar refractivity (Wildman–Crippen MR) is 97.3 cm³/mol. The standard InChI is InChI=1S/C20H21NO6/c1-12-11-13(26-3)6-7-14(12)18(22)16-17(15-5-4-9-27-15)21(8-10-25-2)20(24)19(16)23/h4-7,9,11,17,22H,8,10H2,1-3H3/b18-16-. The van der Waals surface area contributed by atoms with Gasteiger partial charge in [0, 0.05) is 19.2 Å². The second kappa shape index (κ2) is 7.67. The first-order valence-corrected chi connectivity index (χ1v) is 8.45. The van der Waals surface area contributed by atoms with Crippen molar-refractivity contribution < 1.29 is 28.6 Å². The minimum atomic E-state index is -0.809. The third kappa shape index (κ3) is 3.33. The Balaban J connectivity index is 2.14. The molecule has 1 fully saturated rings. The summed E-state index contributed by atoms with van der Waals surface area (Å²) in [5.74, 6) is -0.651. The molecular weight excluding hydrogens is 350 g/mol. The number of aliphatic hydroxyl groups excluding tert-OH is 1. The Bertz CT molecular complexity index is 884. The molecule has 0 radical (unpaired) electrons. The molecule has 27 heavy (non-hydrogen) atoms. The highest BCUT2D eigenvalue weighted by Crippen LogP contribution is 2.40. The molecule has 0 bridgehead atoms. The van der Waals surface area contributed by atoms with Crippen LogP contribution in [0, 0.1) is 6.92 Å². The van der Waals surface area contributed by atoms with E-state index < -0.39 is 17.7 Å². The summed E-state index contributed by atoms with van der Waals surface area (Å²) < 4.78 is 15.7. The molecule has 7 nitrogen and oxygen atoms in total. The van der Waals surface area contributed by atoms with E-state index in [1.54, 1.807) is 44.4 Å². The maximum atomic E-state index is 12.7. The molecular formula is C20H21NO6. The van der Waals surface area contributed by atoms with Crippen molar-refractivity contribution in [3.05, 3.63) is 59.1 Å². The maximum Gasteiger partial charge on any atom is 0.295 e. The van der Waals surface area contributed by atoms with Gasteiger partial charge >= 0.3 is 0 Å². The van der Waals surface area contributed by atoms with Crippen molar-refractivity contribution in [1.29, 1.82) is 0 Å². The molecule has 1 aliphatic heterocycles. The largest absolute Gasteiger partial charge is 0.507 e. The molecule has 7 heteroatoms. The number of rotatable bonds is 6. The molecule has 142 valence electrons. The third-order valence-corrected chi connectivity index (χ3v) is 4.58. The summed E-state index contributed by atoms with van der Waals surface area (Å²) in [6.07, 6.45) is 1.46. The molecule has 1 aromatic carbocycles. The number of furan rings is 1. The van der Waals surface area contributed by atoms with Crippen molar-refractivity contribution in [2.45, 2.75) is 13.0 Å². The van der Waals surface area contributed by atoms with Crippen molar-refractivity contribution in [3.8, 4) is 5.75 Å². The van der Waals surface area contributed by atoms with E-state index in [9.17, 15) is 14.7 Å². The van der Waals surface area contributed by atoms with Gasteiger partial charge in [-0.3, -0.25) is 9.59 Å². The molecule has 1 aromatic heterocycles. The van der Waals surface area contributed by atoms with Crippen molar-refractivity contribution in [1.82, 2.24) is 4.90 Å². The number of benzene rings is 1. The molecule has 1 saturated heterocycles. The lowest BCUT2D eigenvalue weighted by Gasteiger charge is -2.23. The van der Waals surface area contributed by atoms with E-state index in [2.05, 4.69) is 0 Å². The fraction of sp³-hybridized carbons (Fsp3) is 0.300. The Morgan fingerprint density at radius 2 is 2.04 bits per heavy atom. The molecule has 1 N–H and O–H groups in total. The number of carbonyl (C=O) groups excluding carboxylic acids is 2. The van der Waals surface area contributed by atoms with Gasteiger partial charge in [-0.25, -0.2) is 0 Å². The minimum absolute atomic E-state index is 0.000630. The van der Waals surface area contributed by atoms with Crippen LogP contribution in [0.4, 0.5) is 0 Å². The molecule has 0 spiro atoms. The van der Waals surface area contributed by atoms with Crippen LogP contribution in [0.15, 0.2) is 46.6 Å². The SMILES string of the molecule is COCCN1C(=O)C(=O)/C(=C(\O)c2ccc(OC)cc2C)C1c1ccco1. The number of hydrogen-bond donors (Lipinski definition) is 1. The molecule has 0 saturated carbocycles. The number of methoxy groups -OCH3 is 2. The second-order valence-electron chi connectivity index (χ2n) is 6.18. The van der Waals surface area contributed by atoms with Crippen molar-refractivity contribution in [2.24, 2.45) is 0 Å². The number of aryl methyl sites for hydroxylation is 1. The van der Waals surface area contributed by atoms with Crippen molar-refractivity contribution in [2.75, 3.05) is 27.4 Å². The van der Waals surface area contributed by atoms with E-state index >= 15 is 0 Å². The Labute approximate surface area is 156 Å². The maximum absolute atomic E-state index is 12.7. The first-order chi connectivity index (χ1) is 13.0. The lowest BCUT2D eigenvalue weighted by Crippen LogP contribution is -2.32. The number of nitrogens with zero attached hydrogens (tertiary/aromatic N) is 1. The second-order valence-corrected chi connectivity index (χ2v) is 6.18. The molecule has 2 aromatic rings. The lowest BCUT2D eigenvalue weighted by molar-refractivity contribution is -0.140. The van der Waals surface area contributed by atoms with E-state index in [0.717, 1.165) is 0 Å². The third-order valence-electron chi connectivity index (χ3n) is 4.58. The summed E-state index contributed by atoms with van der Waals surface area (Å²) in [6.45, 7) is 2.25. The zero-order valence-electron chi connectivity index (χ0n) is 15.4. The first kappa shape index (κ1) is 18.7. The van der Waals surface area contributed by atoms with Gasteiger partial charge in [-0.05, 0) is 42.8 Å². The molecule has 1 aliphatic rings. The van der Waals surface area contributed by atoms with Crippen molar-refractivity contribution >= 4 is 17.4 Å². The lowest BCUT2D eigenvalue weighted by atomic mass is 9.97. The zero-order chi connectivity index (χ0) is 19.6. The van der Waals surface area contributed by atoms with Crippen LogP contribution in [0.2, 0.25) is 0 Å². The summed E-state index contributed by atoms with van der Waals surface area (Å²) in [5.41, 5.74) is 1.17. The molecule has 0 aliphatic carbocycles. The van der Waals surface area contributed by atoms with E-state index in [4.69, 9.17) is 13.9 Å². The molecule has 1 atom stereocenters. The summed E-state index contributed by atoms with van der Waals surface area (Å²) in [6, 6.07) is 7.62. The summed E-state index contributed by atoms with van der Waals surface area (Å²) in [4.78, 5) is 26.6. The van der Waals surface area contributed by atoms with Crippen LogP contribution in [0.3, 0.4) is 0 Å². The van der Waals surface area contributed by atoms with Crippen LogP contribution < -0.4 is 4.74 Å². The Morgan fingerprint density at radius 1 is 1.26 bits per heavy atom. The quantitative estimate of drug-likeness (QED) is 0.477. The first-order valence-electron chi connectivity index (χ1n) is 8.45. The molecule has 1 unspecified atom stereocenters. The average molecular weight is 371 g/mol. The number of amides is 1. The molecule has 3 rings (SSSR count). The highest BCUT2D eigenvalue weighted by molar-refractivity contribution is 6.46. The minimum Gasteiger partial charge on any atom is -0.507 e. The van der Waals surface area contributed by atoms with Gasteiger partial charge in [-0.2, -0.15) is 0 Å². The number of ether oxygens (including phenoxy) is 2. The van der Waals surface area contributed by atoms with Gasteiger partial charge in [-0.1, -0.05) is 0 Å². The highest BCUT2D eigenvalue weighted by Gasteiger charge is 2.47. The number of aliphatic hydroxyl groups is 1. The smallest absolute Gasteiger partial charge is 0.295 e. The van der Waals surface area contributed by atoms with Crippen LogP contribution in [0.5, 0.6) is 5.75 Å². The van der Waals surface area contributed by atoms with Gasteiger partial charge in [0.25, 0.3) is 11.7 Å². The zero-order valence-corrected chi connectivity index (χ0v) is 15.4. The fourth-order valence-electron chi connectivity index (χ4n) is 3.22. The molecule has 2 heterocycles. The number of hydrogen-bond acceptors (Lipinski definition) is 6. The van der Waals surface area contributed by atoms with Gasteiger partial charge in [0.1, 0.15) is 23.3 Å². The van der Waals surface area contributed by atoms with E-state index in [1.807, 2.05) is 0 Å². The Hall–Kier alpha value is -3.06. The Kier molecular flexibility index (Phi) is 5.32. The van der Waals surface area contributed by atoms with Gasteiger partial charge in [0.2, 0.25) is 0 Å². The van der Waals surface area contributed by atoms with Gasteiger partial charge in [-0.15, -0.1) is 0 Å². The van der Waals surface area contributed by atoms with Gasteiger partial charge in [0.15, 0.2) is 0 Å². The monoisotopic (exact) mass is 371 g/mol. The normalized spacial score (nSPS) is 18.9. The van der Waals surface area contributed by atoms with Crippen LogP contribution >= 0.6 is 0 Å². The fourth-order valence-corrected chi connectivity index (χ4v) is 3.22. The van der Waals surface area contributed by atoms with Crippen LogP contribution in [-0.4, -0.2) is 49.1 Å². The van der Waals surface area contributed by atoms with Crippen molar-refractivity contribution in [3.63, 3.8) is 0 Å². The summed E-state index contributed by atoms with van der Waals surface area (Å²) in [5, 5.41) is 10.9. The highest BCUT2D eigenvalue weighted by atomic mass is 16.5. The van der Waals surface area contributed by atoms with Gasteiger partial charge in [0.05, 0.1) is 25.6 Å². The number of likely N-dealkylation sites (tertiary alicyclic amines) is 1. The average Bonchev–Trinajstić information content (AvgIpc) is 3.27. The summed E-state index contributed by atoms with van der Waals surface area (Å²) in [7, 11) is 3.06.